The number of methoxy groups -OCH3 is 2. The zero-order valence-corrected chi connectivity index (χ0v) is 15.7. The van der Waals surface area contributed by atoms with E-state index in [0.29, 0.717) is 43.3 Å². The van der Waals surface area contributed by atoms with E-state index in [4.69, 9.17) is 14.2 Å². The highest BCUT2D eigenvalue weighted by atomic mass is 16.5. The molecular weight excluding hydrogens is 336 g/mol. The normalized spacial score (nSPS) is 17.4. The van der Waals surface area contributed by atoms with Gasteiger partial charge in [0, 0.05) is 25.6 Å². The van der Waals surface area contributed by atoms with Crippen LogP contribution < -0.4 is 14.8 Å². The van der Waals surface area contributed by atoms with Crippen LogP contribution in [-0.4, -0.2) is 57.2 Å². The lowest BCUT2D eigenvalue weighted by Gasteiger charge is -2.31. The molecule has 1 atom stereocenters. The molecule has 7 nitrogen and oxygen atoms in total. The van der Waals surface area contributed by atoms with Gasteiger partial charge in [0.1, 0.15) is 11.5 Å². The van der Waals surface area contributed by atoms with E-state index in [2.05, 4.69) is 10.2 Å². The van der Waals surface area contributed by atoms with Crippen molar-refractivity contribution in [3.63, 3.8) is 0 Å². The lowest BCUT2D eigenvalue weighted by atomic mass is 9.98. The average Bonchev–Trinajstić information content (AvgIpc) is 2.66. The van der Waals surface area contributed by atoms with Crippen molar-refractivity contribution < 1.29 is 23.8 Å². The maximum absolute atomic E-state index is 12.3. The van der Waals surface area contributed by atoms with E-state index >= 15 is 0 Å². The van der Waals surface area contributed by atoms with Crippen molar-refractivity contribution in [3.8, 4) is 11.5 Å². The molecule has 0 aliphatic carbocycles. The smallest absolute Gasteiger partial charge is 0.310 e. The van der Waals surface area contributed by atoms with Crippen molar-refractivity contribution in [1.29, 1.82) is 0 Å². The van der Waals surface area contributed by atoms with Crippen molar-refractivity contribution in [2.45, 2.75) is 26.2 Å². The summed E-state index contributed by atoms with van der Waals surface area (Å²) in [6.45, 7) is 4.37. The van der Waals surface area contributed by atoms with Gasteiger partial charge in [0.25, 0.3) is 0 Å². The Morgan fingerprint density at radius 1 is 1.27 bits per heavy atom. The number of rotatable bonds is 8. The van der Waals surface area contributed by atoms with Crippen LogP contribution in [0, 0.1) is 5.92 Å². The number of anilines is 1. The molecule has 1 heterocycles. The average molecular weight is 364 g/mol. The van der Waals surface area contributed by atoms with Crippen molar-refractivity contribution in [2.24, 2.45) is 5.92 Å². The van der Waals surface area contributed by atoms with Crippen molar-refractivity contribution in [3.05, 3.63) is 18.2 Å². The molecule has 1 aromatic carbocycles. The van der Waals surface area contributed by atoms with Gasteiger partial charge in [-0.05, 0) is 38.4 Å². The van der Waals surface area contributed by atoms with E-state index in [-0.39, 0.29) is 17.8 Å². The monoisotopic (exact) mass is 364 g/mol. The number of piperidine rings is 1. The number of carbonyl (C=O) groups excluding carboxylic acids is 2. The lowest BCUT2D eigenvalue weighted by Crippen LogP contribution is -2.40. The summed E-state index contributed by atoms with van der Waals surface area (Å²) in [5.41, 5.74) is 0.583. The van der Waals surface area contributed by atoms with Gasteiger partial charge in [-0.2, -0.15) is 0 Å². The van der Waals surface area contributed by atoms with E-state index in [1.807, 2.05) is 6.92 Å². The van der Waals surface area contributed by atoms with Gasteiger partial charge in [0.15, 0.2) is 0 Å². The Morgan fingerprint density at radius 2 is 2.08 bits per heavy atom. The molecule has 1 aliphatic heterocycles. The molecule has 144 valence electrons. The summed E-state index contributed by atoms with van der Waals surface area (Å²) in [5.74, 6) is 0.900. The van der Waals surface area contributed by atoms with Crippen molar-refractivity contribution in [1.82, 2.24) is 4.90 Å². The molecule has 26 heavy (non-hydrogen) atoms. The van der Waals surface area contributed by atoms with E-state index in [9.17, 15) is 9.59 Å². The first-order valence-electron chi connectivity index (χ1n) is 8.98. The minimum absolute atomic E-state index is 0.0924. The molecule has 0 bridgehead atoms. The molecule has 1 amide bonds. The second kappa shape index (κ2) is 10.0. The SMILES string of the molecule is CCOC(=O)[C@H]1CCCN(CCC(=O)Nc2cc(OC)ccc2OC)C1. The van der Waals surface area contributed by atoms with Crippen LogP contribution in [0.3, 0.4) is 0 Å². The Balaban J connectivity index is 1.86. The number of likely N-dealkylation sites (tertiary alicyclic amines) is 1. The molecule has 1 aliphatic rings. The van der Waals surface area contributed by atoms with Gasteiger partial charge < -0.3 is 24.4 Å². The van der Waals surface area contributed by atoms with E-state index in [0.717, 1.165) is 19.4 Å². The number of esters is 1. The molecule has 7 heteroatoms. The Labute approximate surface area is 154 Å². The second-order valence-electron chi connectivity index (χ2n) is 6.26. The maximum Gasteiger partial charge on any atom is 0.310 e. The van der Waals surface area contributed by atoms with Gasteiger partial charge in [0.05, 0.1) is 32.4 Å². The number of benzene rings is 1. The van der Waals surface area contributed by atoms with Gasteiger partial charge in [-0.25, -0.2) is 0 Å². The van der Waals surface area contributed by atoms with E-state index < -0.39 is 0 Å². The molecule has 0 radical (unpaired) electrons. The topological polar surface area (TPSA) is 77.1 Å². The van der Waals surface area contributed by atoms with Crippen LogP contribution >= 0.6 is 0 Å². The first kappa shape index (κ1) is 20.0. The van der Waals surface area contributed by atoms with Crippen LogP contribution in [-0.2, 0) is 14.3 Å². The van der Waals surface area contributed by atoms with E-state index in [1.165, 1.54) is 0 Å². The molecule has 1 N–H and O–H groups in total. The molecule has 1 aromatic rings. The minimum atomic E-state index is -0.136. The predicted molar refractivity (Wildman–Crippen MR) is 98.6 cm³/mol. The number of ether oxygens (including phenoxy) is 3. The van der Waals surface area contributed by atoms with Crippen LogP contribution in [0.1, 0.15) is 26.2 Å². The largest absolute Gasteiger partial charge is 0.497 e. The summed E-state index contributed by atoms with van der Waals surface area (Å²) in [4.78, 5) is 26.4. The number of nitrogens with one attached hydrogen (secondary N) is 1. The number of hydrogen-bond acceptors (Lipinski definition) is 6. The van der Waals surface area contributed by atoms with Crippen molar-refractivity contribution in [2.75, 3.05) is 45.8 Å². The number of amides is 1. The summed E-state index contributed by atoms with van der Waals surface area (Å²) in [6.07, 6.45) is 2.13. The summed E-state index contributed by atoms with van der Waals surface area (Å²) in [7, 11) is 3.13. The number of hydrogen-bond donors (Lipinski definition) is 1. The third-order valence-electron chi connectivity index (χ3n) is 4.46. The highest BCUT2D eigenvalue weighted by Crippen LogP contribution is 2.29. The molecule has 1 fully saturated rings. The van der Waals surface area contributed by atoms with E-state index in [1.54, 1.807) is 32.4 Å². The third-order valence-corrected chi connectivity index (χ3v) is 4.46. The van der Waals surface area contributed by atoms with Gasteiger partial charge in [0.2, 0.25) is 5.91 Å². The van der Waals surface area contributed by atoms with Crippen LogP contribution in [0.5, 0.6) is 11.5 Å². The molecule has 0 spiro atoms. The number of carbonyl (C=O) groups is 2. The second-order valence-corrected chi connectivity index (χ2v) is 6.26. The van der Waals surface area contributed by atoms with Gasteiger partial charge in [-0.3, -0.25) is 9.59 Å². The summed E-state index contributed by atoms with van der Waals surface area (Å²) >= 11 is 0. The highest BCUT2D eigenvalue weighted by Gasteiger charge is 2.26. The van der Waals surface area contributed by atoms with Gasteiger partial charge in [-0.15, -0.1) is 0 Å². The Kier molecular flexibility index (Phi) is 7.72. The molecule has 2 rings (SSSR count). The Bertz CT molecular complexity index is 620. The predicted octanol–water partition coefficient (Wildman–Crippen LogP) is 2.31. The fourth-order valence-electron chi connectivity index (χ4n) is 3.10. The molecule has 0 unspecified atom stereocenters. The summed E-state index contributed by atoms with van der Waals surface area (Å²) < 4.78 is 15.6. The van der Waals surface area contributed by atoms with Crippen molar-refractivity contribution >= 4 is 17.6 Å². The summed E-state index contributed by atoms with van der Waals surface area (Å²) in [6, 6.07) is 5.26. The minimum Gasteiger partial charge on any atom is -0.497 e. The first-order valence-corrected chi connectivity index (χ1v) is 8.98. The van der Waals surface area contributed by atoms with Gasteiger partial charge >= 0.3 is 5.97 Å². The standard InChI is InChI=1S/C19H28N2O5/c1-4-26-19(23)14-6-5-10-21(13-14)11-9-18(22)20-16-12-15(24-2)7-8-17(16)25-3/h7-8,12,14H,4-6,9-11,13H2,1-3H3,(H,20,22)/t14-/m0/s1. The first-order chi connectivity index (χ1) is 12.6. The zero-order chi connectivity index (χ0) is 18.9. The van der Waals surface area contributed by atoms with Gasteiger partial charge in [-0.1, -0.05) is 0 Å². The Morgan fingerprint density at radius 3 is 2.77 bits per heavy atom. The molecular formula is C19H28N2O5. The quantitative estimate of drug-likeness (QED) is 0.714. The van der Waals surface area contributed by atoms with Crippen LogP contribution in [0.15, 0.2) is 18.2 Å². The highest BCUT2D eigenvalue weighted by molar-refractivity contribution is 5.92. The Hall–Kier alpha value is -2.28. The fourth-order valence-corrected chi connectivity index (χ4v) is 3.10. The zero-order valence-electron chi connectivity index (χ0n) is 15.7. The maximum atomic E-state index is 12.3. The van der Waals surface area contributed by atoms with Crippen LogP contribution in [0.25, 0.3) is 0 Å². The fraction of sp³-hybridized carbons (Fsp3) is 0.579. The van der Waals surface area contributed by atoms with Crippen LogP contribution in [0.2, 0.25) is 0 Å². The third kappa shape index (κ3) is 5.62. The molecule has 0 saturated carbocycles. The lowest BCUT2D eigenvalue weighted by molar-refractivity contribution is -0.149. The number of nitrogens with zero attached hydrogens (tertiary/aromatic N) is 1. The summed E-state index contributed by atoms with van der Waals surface area (Å²) in [5, 5.41) is 2.87. The van der Waals surface area contributed by atoms with Crippen LogP contribution in [0.4, 0.5) is 5.69 Å². The molecule has 0 aromatic heterocycles. The molecule has 1 saturated heterocycles.